The van der Waals surface area contributed by atoms with Crippen molar-refractivity contribution in [2.24, 2.45) is 7.05 Å². The third-order valence-corrected chi connectivity index (χ3v) is 4.63. The van der Waals surface area contributed by atoms with Crippen LogP contribution in [0.25, 0.3) is 11.4 Å². The third-order valence-electron chi connectivity index (χ3n) is 4.01. The number of H-pyrrole nitrogens is 1. The smallest absolute Gasteiger partial charge is 0.226 e. The third kappa shape index (κ3) is 5.24. The summed E-state index contributed by atoms with van der Waals surface area (Å²) in [5.74, 6) is 1.80. The molecule has 27 heavy (non-hydrogen) atoms. The maximum atomic E-state index is 11.9. The molecule has 2 N–H and O–H groups in total. The Morgan fingerprint density at radius 3 is 2.81 bits per heavy atom. The van der Waals surface area contributed by atoms with Gasteiger partial charge in [-0.3, -0.25) is 9.89 Å². The lowest BCUT2D eigenvalue weighted by molar-refractivity contribution is -0.121. The Bertz CT molecular complexity index is 962. The number of carbonyl (C=O) groups is 1. The van der Waals surface area contributed by atoms with E-state index in [9.17, 15) is 4.79 Å². The van der Waals surface area contributed by atoms with Gasteiger partial charge in [0.1, 0.15) is 5.82 Å². The number of nitrogens with one attached hydrogen (secondary N) is 2. The number of rotatable bonds is 8. The molecule has 3 aromatic rings. The van der Waals surface area contributed by atoms with E-state index in [1.54, 1.807) is 16.7 Å². The fourth-order valence-corrected chi connectivity index (χ4v) is 2.76. The van der Waals surface area contributed by atoms with E-state index in [2.05, 4.69) is 25.7 Å². The van der Waals surface area contributed by atoms with Crippen LogP contribution in [0, 0.1) is 4.77 Å². The highest BCUT2D eigenvalue weighted by molar-refractivity contribution is 7.71. The number of aryl methyl sites for hydroxylation is 1. The van der Waals surface area contributed by atoms with E-state index in [0.717, 1.165) is 11.4 Å². The highest BCUT2D eigenvalue weighted by Gasteiger charge is 2.10. The summed E-state index contributed by atoms with van der Waals surface area (Å²) in [7, 11) is 1.84. The molecule has 1 aromatic carbocycles. The number of aromatic amines is 1. The molecule has 0 aliphatic heterocycles. The Morgan fingerprint density at radius 2 is 2.11 bits per heavy atom. The minimum absolute atomic E-state index is 0.0239. The molecule has 2 heterocycles. The lowest BCUT2D eigenvalue weighted by atomic mass is 10.2. The Kier molecular flexibility index (Phi) is 6.36. The van der Waals surface area contributed by atoms with Crippen molar-refractivity contribution in [1.82, 2.24) is 30.2 Å². The molecule has 0 unspecified atom stereocenters. The second-order valence-electron chi connectivity index (χ2n) is 5.98. The summed E-state index contributed by atoms with van der Waals surface area (Å²) in [6.07, 6.45) is 2.17. The Balaban J connectivity index is 1.39. The van der Waals surface area contributed by atoms with E-state index in [0.29, 0.717) is 53.7 Å². The number of halogens is 1. The summed E-state index contributed by atoms with van der Waals surface area (Å²) in [5, 5.41) is 14.3. The monoisotopic (exact) mass is 406 g/mol. The second kappa shape index (κ2) is 8.92. The second-order valence-corrected chi connectivity index (χ2v) is 6.80. The average molecular weight is 407 g/mol. The summed E-state index contributed by atoms with van der Waals surface area (Å²) in [6.45, 7) is 0.508. The number of hydrogen-bond acceptors (Lipinski definition) is 6. The van der Waals surface area contributed by atoms with Crippen LogP contribution in [0.1, 0.15) is 24.6 Å². The predicted molar refractivity (Wildman–Crippen MR) is 103 cm³/mol. The van der Waals surface area contributed by atoms with Crippen molar-refractivity contribution in [1.29, 1.82) is 0 Å². The Hall–Kier alpha value is -2.52. The van der Waals surface area contributed by atoms with Crippen LogP contribution in [0.15, 0.2) is 28.8 Å². The van der Waals surface area contributed by atoms with E-state index >= 15 is 0 Å². The zero-order valence-electron chi connectivity index (χ0n) is 14.7. The lowest BCUT2D eigenvalue weighted by Crippen LogP contribution is -2.26. The van der Waals surface area contributed by atoms with Gasteiger partial charge in [-0.05, 0) is 42.9 Å². The number of carbonyl (C=O) groups excluding carboxylic acids is 1. The molecule has 2 aromatic heterocycles. The normalized spacial score (nSPS) is 10.9. The topological polar surface area (TPSA) is 102 Å². The largest absolute Gasteiger partial charge is 0.356 e. The van der Waals surface area contributed by atoms with Crippen LogP contribution in [-0.4, -0.2) is 37.4 Å². The van der Waals surface area contributed by atoms with Gasteiger partial charge < -0.3 is 14.4 Å². The van der Waals surface area contributed by atoms with Gasteiger partial charge in [-0.25, -0.2) is 0 Å². The number of benzene rings is 1. The van der Waals surface area contributed by atoms with Crippen LogP contribution < -0.4 is 5.32 Å². The molecule has 0 spiro atoms. The maximum Gasteiger partial charge on any atom is 0.226 e. The van der Waals surface area contributed by atoms with Gasteiger partial charge in [-0.1, -0.05) is 16.8 Å². The Labute approximate surface area is 165 Å². The first-order valence-corrected chi connectivity index (χ1v) is 9.27. The zero-order valence-corrected chi connectivity index (χ0v) is 16.3. The van der Waals surface area contributed by atoms with Crippen LogP contribution in [-0.2, 0) is 24.7 Å². The predicted octanol–water partition coefficient (Wildman–Crippen LogP) is 2.86. The number of amides is 1. The molecule has 142 valence electrons. The summed E-state index contributed by atoms with van der Waals surface area (Å²) < 4.78 is 7.59. The van der Waals surface area contributed by atoms with E-state index in [1.165, 1.54) is 0 Å². The summed E-state index contributed by atoms with van der Waals surface area (Å²) in [4.78, 5) is 16.3. The number of hydrogen-bond donors (Lipinski definition) is 2. The molecule has 0 saturated heterocycles. The van der Waals surface area contributed by atoms with Crippen molar-refractivity contribution in [3.63, 3.8) is 0 Å². The standard InChI is InChI=1S/C17H19ClN6O2S/c1-24-13(21-22-17(24)27)9-10-19-14(25)3-2-4-15-20-16(23-26-15)11-5-7-12(18)8-6-11/h5-8H,2-4,9-10H2,1H3,(H,19,25)(H,22,27). The van der Waals surface area contributed by atoms with Crippen LogP contribution in [0.5, 0.6) is 0 Å². The minimum atomic E-state index is -0.0239. The fraction of sp³-hybridized carbons (Fsp3) is 0.353. The fourth-order valence-electron chi connectivity index (χ4n) is 2.48. The van der Waals surface area contributed by atoms with E-state index in [1.807, 2.05) is 19.2 Å². The van der Waals surface area contributed by atoms with Crippen LogP contribution in [0.4, 0.5) is 0 Å². The quantitative estimate of drug-likeness (QED) is 0.558. The first kappa shape index (κ1) is 19.2. The summed E-state index contributed by atoms with van der Waals surface area (Å²) >= 11 is 10.9. The first-order valence-electron chi connectivity index (χ1n) is 8.48. The number of aromatic nitrogens is 5. The van der Waals surface area contributed by atoms with Gasteiger partial charge in [-0.2, -0.15) is 10.1 Å². The van der Waals surface area contributed by atoms with Crippen molar-refractivity contribution in [2.75, 3.05) is 6.54 Å². The van der Waals surface area contributed by atoms with Gasteiger partial charge in [0.25, 0.3) is 0 Å². The van der Waals surface area contributed by atoms with Crippen LogP contribution in [0.3, 0.4) is 0 Å². The summed E-state index contributed by atoms with van der Waals surface area (Å²) in [5.41, 5.74) is 0.834. The first-order chi connectivity index (χ1) is 13.0. The Morgan fingerprint density at radius 1 is 1.33 bits per heavy atom. The van der Waals surface area contributed by atoms with E-state index < -0.39 is 0 Å². The molecule has 0 bridgehead atoms. The van der Waals surface area contributed by atoms with Gasteiger partial charge >= 0.3 is 0 Å². The van der Waals surface area contributed by atoms with Crippen LogP contribution >= 0.6 is 23.8 Å². The SMILES string of the molecule is Cn1c(CCNC(=O)CCCc2nc(-c3ccc(Cl)cc3)no2)n[nH]c1=S. The molecular weight excluding hydrogens is 388 g/mol. The molecule has 0 aliphatic carbocycles. The molecule has 0 atom stereocenters. The van der Waals surface area contributed by atoms with Gasteiger partial charge in [-0.15, -0.1) is 0 Å². The maximum absolute atomic E-state index is 11.9. The van der Waals surface area contributed by atoms with E-state index in [4.69, 9.17) is 28.3 Å². The molecular formula is C17H19ClN6O2S. The van der Waals surface area contributed by atoms with Crippen molar-refractivity contribution >= 4 is 29.7 Å². The molecule has 0 saturated carbocycles. The highest BCUT2D eigenvalue weighted by atomic mass is 35.5. The summed E-state index contributed by atoms with van der Waals surface area (Å²) in [6, 6.07) is 7.21. The number of nitrogens with zero attached hydrogens (tertiary/aromatic N) is 4. The highest BCUT2D eigenvalue weighted by Crippen LogP contribution is 2.19. The molecule has 0 radical (unpaired) electrons. The van der Waals surface area contributed by atoms with Crippen molar-refractivity contribution < 1.29 is 9.32 Å². The van der Waals surface area contributed by atoms with Gasteiger partial charge in [0.15, 0.2) is 4.77 Å². The van der Waals surface area contributed by atoms with Gasteiger partial charge in [0.2, 0.25) is 17.6 Å². The molecule has 3 rings (SSSR count). The van der Waals surface area contributed by atoms with E-state index in [-0.39, 0.29) is 5.91 Å². The molecule has 10 heteroatoms. The molecule has 1 amide bonds. The van der Waals surface area contributed by atoms with Crippen molar-refractivity contribution in [3.05, 3.63) is 45.8 Å². The molecule has 0 aliphatic rings. The molecule has 8 nitrogen and oxygen atoms in total. The van der Waals surface area contributed by atoms with Gasteiger partial charge in [0.05, 0.1) is 0 Å². The van der Waals surface area contributed by atoms with Crippen molar-refractivity contribution in [2.45, 2.75) is 25.7 Å². The lowest BCUT2D eigenvalue weighted by Gasteiger charge is -2.04. The average Bonchev–Trinajstić information content (AvgIpc) is 3.24. The van der Waals surface area contributed by atoms with Crippen molar-refractivity contribution in [3.8, 4) is 11.4 Å². The van der Waals surface area contributed by atoms with Crippen LogP contribution in [0.2, 0.25) is 5.02 Å². The molecule has 0 fully saturated rings. The van der Waals surface area contributed by atoms with Gasteiger partial charge in [0, 0.05) is 43.4 Å². The zero-order chi connectivity index (χ0) is 19.2. The minimum Gasteiger partial charge on any atom is -0.356 e.